The van der Waals surface area contributed by atoms with Crippen LogP contribution >= 0.6 is 0 Å². The molecule has 0 aliphatic heterocycles. The summed E-state index contributed by atoms with van der Waals surface area (Å²) in [5.74, 6) is -1.17. The van der Waals surface area contributed by atoms with Crippen molar-refractivity contribution in [3.05, 3.63) is 54.1 Å². The number of rotatable bonds is 5. The first-order valence-corrected chi connectivity index (χ1v) is 7.73. The van der Waals surface area contributed by atoms with Crippen LogP contribution in [0.15, 0.2) is 43.0 Å². The van der Waals surface area contributed by atoms with Gasteiger partial charge in [0.2, 0.25) is 0 Å². The highest BCUT2D eigenvalue weighted by Gasteiger charge is 2.39. The second-order valence-electron chi connectivity index (χ2n) is 4.62. The minimum atomic E-state index is -5.91. The van der Waals surface area contributed by atoms with E-state index in [9.17, 15) is 26.5 Å². The molecule has 122 valence electrons. The Labute approximate surface area is 130 Å². The summed E-state index contributed by atoms with van der Waals surface area (Å²) in [6, 6.07) is 9.94. The molecule has 0 spiro atoms. The molecule has 0 radical (unpaired) electrons. The van der Waals surface area contributed by atoms with Crippen molar-refractivity contribution in [1.29, 1.82) is 0 Å². The predicted molar refractivity (Wildman–Crippen MR) is 79.0 cm³/mol. The van der Waals surface area contributed by atoms with Crippen molar-refractivity contribution in [2.45, 2.75) is 5.25 Å². The van der Waals surface area contributed by atoms with E-state index in [0.29, 0.717) is 10.9 Å². The number of carbonyl (C=O) groups is 1. The predicted octanol–water partition coefficient (Wildman–Crippen LogP) is 2.78. The van der Waals surface area contributed by atoms with Crippen LogP contribution in [-0.4, -0.2) is 30.8 Å². The van der Waals surface area contributed by atoms with Gasteiger partial charge in [-0.3, -0.25) is 0 Å². The molecule has 2 rings (SSSR count). The lowest BCUT2D eigenvalue weighted by atomic mass is 9.99. The van der Waals surface area contributed by atoms with Crippen LogP contribution in [0, 0.1) is 0 Å². The molecule has 0 fully saturated rings. The van der Waals surface area contributed by atoms with Crippen LogP contribution < -0.4 is 0 Å². The van der Waals surface area contributed by atoms with Crippen LogP contribution in [-0.2, 0) is 14.9 Å². The minimum Gasteiger partial charge on any atom is -0.743 e. The third-order valence-electron chi connectivity index (χ3n) is 3.13. The second-order valence-corrected chi connectivity index (χ2v) is 6.13. The highest BCUT2D eigenvalue weighted by Crippen LogP contribution is 2.26. The van der Waals surface area contributed by atoms with Gasteiger partial charge in [0, 0.05) is 0 Å². The quantitative estimate of drug-likeness (QED) is 0.617. The lowest BCUT2D eigenvalue weighted by Crippen LogP contribution is -2.34. The average molecular weight is 341 g/mol. The van der Waals surface area contributed by atoms with Gasteiger partial charge in [-0.25, -0.2) is 13.2 Å². The molecule has 0 unspecified atom stereocenters. The van der Waals surface area contributed by atoms with Crippen molar-refractivity contribution in [2.24, 2.45) is 0 Å². The van der Waals surface area contributed by atoms with Gasteiger partial charge < -0.3 is 9.29 Å². The molecule has 0 aliphatic carbocycles. The Bertz CT molecular complexity index is 875. The number of ether oxygens (including phenoxy) is 1. The van der Waals surface area contributed by atoms with Gasteiger partial charge in [0.05, 0.1) is 5.56 Å². The zero-order chi connectivity index (χ0) is 17.3. The number of fused-ring (bicyclic) bond motifs is 1. The Hall–Kier alpha value is -2.32. The van der Waals surface area contributed by atoms with E-state index in [0.717, 1.165) is 5.39 Å². The number of benzene rings is 2. The van der Waals surface area contributed by atoms with Gasteiger partial charge in [-0.05, 0) is 22.4 Å². The zero-order valence-electron chi connectivity index (χ0n) is 11.7. The summed E-state index contributed by atoms with van der Waals surface area (Å²) in [6.07, 6.45) is 1.36. The van der Waals surface area contributed by atoms with Gasteiger partial charge in [-0.2, -0.15) is 8.78 Å². The number of hydrogen-bond acceptors (Lipinski definition) is 5. The second kappa shape index (κ2) is 6.05. The molecule has 23 heavy (non-hydrogen) atoms. The van der Waals surface area contributed by atoms with Crippen molar-refractivity contribution in [3.63, 3.8) is 0 Å². The number of carbonyl (C=O) groups excluding carboxylic acids is 1. The van der Waals surface area contributed by atoms with Crippen molar-refractivity contribution in [2.75, 3.05) is 6.61 Å². The molecule has 2 aromatic rings. The Morgan fingerprint density at radius 2 is 1.91 bits per heavy atom. The van der Waals surface area contributed by atoms with Crippen LogP contribution in [0.4, 0.5) is 8.78 Å². The molecule has 0 amide bonds. The molecule has 0 heterocycles. The summed E-state index contributed by atoms with van der Waals surface area (Å²) in [6.45, 7) is 1.72. The van der Waals surface area contributed by atoms with E-state index in [1.165, 1.54) is 12.1 Å². The Morgan fingerprint density at radius 1 is 1.26 bits per heavy atom. The molecule has 0 aromatic heterocycles. The first-order chi connectivity index (χ1) is 10.7. The van der Waals surface area contributed by atoms with E-state index >= 15 is 0 Å². The van der Waals surface area contributed by atoms with Crippen LogP contribution in [0.2, 0.25) is 0 Å². The van der Waals surface area contributed by atoms with Gasteiger partial charge in [0.25, 0.3) is 0 Å². The fourth-order valence-electron chi connectivity index (χ4n) is 1.99. The largest absolute Gasteiger partial charge is 0.743 e. The topological polar surface area (TPSA) is 83.5 Å². The normalized spacial score (nSPS) is 12.1. The number of halogens is 2. The lowest BCUT2D eigenvalue weighted by Gasteiger charge is -2.19. The SMILES string of the molecule is C=Cc1c(C(=O)OCC(F)(F)S(=O)(=O)[O-])ccc2ccccc12. The molecule has 8 heteroatoms. The van der Waals surface area contributed by atoms with Crippen molar-refractivity contribution >= 4 is 32.9 Å². The fraction of sp³-hybridized carbons (Fsp3) is 0.133. The third kappa shape index (κ3) is 3.38. The molecular weight excluding hydrogens is 330 g/mol. The van der Waals surface area contributed by atoms with Crippen LogP contribution in [0.25, 0.3) is 16.8 Å². The highest BCUT2D eigenvalue weighted by molar-refractivity contribution is 7.86. The summed E-state index contributed by atoms with van der Waals surface area (Å²) in [7, 11) is -5.91. The van der Waals surface area contributed by atoms with Crippen LogP contribution in [0.3, 0.4) is 0 Å². The number of esters is 1. The monoisotopic (exact) mass is 341 g/mol. The van der Waals surface area contributed by atoms with Gasteiger partial charge >= 0.3 is 11.2 Å². The first-order valence-electron chi connectivity index (χ1n) is 6.32. The van der Waals surface area contributed by atoms with Gasteiger partial charge in [0.1, 0.15) is 0 Å². The maximum absolute atomic E-state index is 13.0. The van der Waals surface area contributed by atoms with E-state index in [2.05, 4.69) is 11.3 Å². The highest BCUT2D eigenvalue weighted by atomic mass is 32.2. The van der Waals surface area contributed by atoms with E-state index < -0.39 is 27.9 Å². The molecule has 2 aromatic carbocycles. The molecule has 0 aliphatic rings. The Kier molecular flexibility index (Phi) is 4.49. The van der Waals surface area contributed by atoms with E-state index in [4.69, 9.17) is 0 Å². The van der Waals surface area contributed by atoms with Gasteiger partial charge in [0.15, 0.2) is 16.7 Å². The molecule has 0 saturated carbocycles. The van der Waals surface area contributed by atoms with E-state index in [1.54, 1.807) is 30.3 Å². The van der Waals surface area contributed by atoms with Gasteiger partial charge in [-0.1, -0.05) is 43.0 Å². The van der Waals surface area contributed by atoms with Crippen molar-refractivity contribution in [1.82, 2.24) is 0 Å². The maximum Gasteiger partial charge on any atom is 0.367 e. The van der Waals surface area contributed by atoms with Crippen molar-refractivity contribution in [3.8, 4) is 0 Å². The fourth-order valence-corrected chi connectivity index (χ4v) is 2.20. The molecule has 5 nitrogen and oxygen atoms in total. The lowest BCUT2D eigenvalue weighted by molar-refractivity contribution is -0.00997. The summed E-state index contributed by atoms with van der Waals surface area (Å²) >= 11 is 0. The van der Waals surface area contributed by atoms with E-state index in [-0.39, 0.29) is 5.56 Å². The smallest absolute Gasteiger partial charge is 0.367 e. The van der Waals surface area contributed by atoms with Gasteiger partial charge in [-0.15, -0.1) is 0 Å². The summed E-state index contributed by atoms with van der Waals surface area (Å²) < 4.78 is 61.5. The minimum absolute atomic E-state index is 0.0576. The summed E-state index contributed by atoms with van der Waals surface area (Å²) in [5.41, 5.74) is 0.305. The summed E-state index contributed by atoms with van der Waals surface area (Å²) in [4.78, 5) is 11.9. The third-order valence-corrected chi connectivity index (χ3v) is 3.98. The average Bonchev–Trinajstić information content (AvgIpc) is 2.50. The number of hydrogen-bond donors (Lipinski definition) is 0. The molecule has 0 atom stereocenters. The standard InChI is InChI=1S/C15H12F2O5S/c1-2-11-12-6-4-3-5-10(12)7-8-13(11)14(18)22-9-15(16,17)23(19,20)21/h2-8H,1,9H2,(H,19,20,21)/p-1. The van der Waals surface area contributed by atoms with E-state index in [1.807, 2.05) is 0 Å². The number of alkyl halides is 2. The Balaban J connectivity index is 2.34. The van der Waals surface area contributed by atoms with Crippen LogP contribution in [0.1, 0.15) is 15.9 Å². The summed E-state index contributed by atoms with van der Waals surface area (Å²) in [5, 5.41) is -3.24. The van der Waals surface area contributed by atoms with Crippen molar-refractivity contribution < 1.29 is 31.3 Å². The van der Waals surface area contributed by atoms with Crippen LogP contribution in [0.5, 0.6) is 0 Å². The molecule has 0 saturated heterocycles. The zero-order valence-corrected chi connectivity index (χ0v) is 12.5. The molecule has 0 bridgehead atoms. The molecular formula is C15H11F2O5S-. The maximum atomic E-state index is 13.0. The first kappa shape index (κ1) is 17.0. The Morgan fingerprint density at radius 3 is 2.52 bits per heavy atom. The molecule has 0 N–H and O–H groups in total.